The summed E-state index contributed by atoms with van der Waals surface area (Å²) >= 11 is 0. The quantitative estimate of drug-likeness (QED) is 0.579. The molecule has 0 saturated carbocycles. The lowest BCUT2D eigenvalue weighted by atomic mass is 10.1. The summed E-state index contributed by atoms with van der Waals surface area (Å²) in [5.74, 6) is -0.759. The zero-order valence-corrected chi connectivity index (χ0v) is 14.4. The van der Waals surface area contributed by atoms with E-state index in [1.165, 1.54) is 25.0 Å². The molecule has 0 radical (unpaired) electrons. The molecule has 1 N–H and O–H groups in total. The third-order valence-corrected chi connectivity index (χ3v) is 3.38. The van der Waals surface area contributed by atoms with Crippen LogP contribution >= 0.6 is 0 Å². The second-order valence-electron chi connectivity index (χ2n) is 5.38. The standard InChI is InChI=1S/C18H24N2O4/c1-14-4-6-16(7-5-14)8-9-17(22)20(12-10-18(23)24-3)13-11-19-15(2)21/h4-9H,10-13H2,1-3H3,(H,19,21)/b9-8+. The lowest BCUT2D eigenvalue weighted by Gasteiger charge is -2.20. The molecule has 130 valence electrons. The van der Waals surface area contributed by atoms with E-state index in [1.54, 1.807) is 6.08 Å². The highest BCUT2D eigenvalue weighted by atomic mass is 16.5. The molecule has 6 heteroatoms. The molecule has 0 aliphatic carbocycles. The Balaban J connectivity index is 2.67. The first-order valence-electron chi connectivity index (χ1n) is 7.77. The van der Waals surface area contributed by atoms with Gasteiger partial charge in [0.25, 0.3) is 0 Å². The molecule has 0 bridgehead atoms. The average Bonchev–Trinajstić information content (AvgIpc) is 2.56. The number of nitrogens with zero attached hydrogens (tertiary/aromatic N) is 1. The summed E-state index contributed by atoms with van der Waals surface area (Å²) in [4.78, 5) is 36.1. The van der Waals surface area contributed by atoms with E-state index in [1.807, 2.05) is 31.2 Å². The molecule has 0 aliphatic heterocycles. The summed E-state index contributed by atoms with van der Waals surface area (Å²) in [5, 5.41) is 2.64. The zero-order valence-electron chi connectivity index (χ0n) is 14.4. The Kier molecular flexibility index (Phi) is 8.25. The Morgan fingerprint density at radius 3 is 2.42 bits per heavy atom. The van der Waals surface area contributed by atoms with E-state index in [0.717, 1.165) is 11.1 Å². The van der Waals surface area contributed by atoms with Gasteiger partial charge in [0.05, 0.1) is 13.5 Å². The van der Waals surface area contributed by atoms with Gasteiger partial charge in [-0.3, -0.25) is 14.4 Å². The maximum absolute atomic E-state index is 12.3. The monoisotopic (exact) mass is 332 g/mol. The Morgan fingerprint density at radius 1 is 1.17 bits per heavy atom. The van der Waals surface area contributed by atoms with Gasteiger partial charge in [-0.25, -0.2) is 0 Å². The molecule has 24 heavy (non-hydrogen) atoms. The van der Waals surface area contributed by atoms with Gasteiger partial charge in [-0.15, -0.1) is 0 Å². The lowest BCUT2D eigenvalue weighted by Crippen LogP contribution is -2.38. The van der Waals surface area contributed by atoms with E-state index in [0.29, 0.717) is 13.1 Å². The van der Waals surface area contributed by atoms with Gasteiger partial charge in [-0.05, 0) is 18.6 Å². The van der Waals surface area contributed by atoms with Crippen molar-refractivity contribution in [2.45, 2.75) is 20.3 Å². The van der Waals surface area contributed by atoms with Crippen molar-refractivity contribution < 1.29 is 19.1 Å². The molecule has 0 spiro atoms. The minimum Gasteiger partial charge on any atom is -0.469 e. The van der Waals surface area contributed by atoms with Crippen molar-refractivity contribution in [3.8, 4) is 0 Å². The van der Waals surface area contributed by atoms with E-state index in [-0.39, 0.29) is 30.7 Å². The third-order valence-electron chi connectivity index (χ3n) is 3.38. The molecule has 0 atom stereocenters. The van der Waals surface area contributed by atoms with Crippen molar-refractivity contribution in [1.29, 1.82) is 0 Å². The molecule has 0 aliphatic rings. The van der Waals surface area contributed by atoms with Crippen LogP contribution in [0, 0.1) is 6.92 Å². The maximum atomic E-state index is 12.3. The fraction of sp³-hybridized carbons (Fsp3) is 0.389. The van der Waals surface area contributed by atoms with Crippen molar-refractivity contribution in [3.05, 3.63) is 41.5 Å². The number of carbonyl (C=O) groups is 3. The fourth-order valence-corrected chi connectivity index (χ4v) is 1.98. The van der Waals surface area contributed by atoms with Gasteiger partial charge in [-0.1, -0.05) is 29.8 Å². The van der Waals surface area contributed by atoms with E-state index in [4.69, 9.17) is 0 Å². The summed E-state index contributed by atoms with van der Waals surface area (Å²) in [6.45, 7) is 4.31. The molecule has 0 aromatic heterocycles. The Morgan fingerprint density at radius 2 is 1.83 bits per heavy atom. The Bertz CT molecular complexity index is 594. The number of methoxy groups -OCH3 is 1. The number of ether oxygens (including phenoxy) is 1. The number of aryl methyl sites for hydroxylation is 1. The average molecular weight is 332 g/mol. The number of rotatable bonds is 8. The zero-order chi connectivity index (χ0) is 17.9. The molecule has 1 rings (SSSR count). The predicted octanol–water partition coefficient (Wildman–Crippen LogP) is 1.54. The van der Waals surface area contributed by atoms with Crippen molar-refractivity contribution in [1.82, 2.24) is 10.2 Å². The van der Waals surface area contributed by atoms with Crippen LogP contribution in [0.1, 0.15) is 24.5 Å². The summed E-state index contributed by atoms with van der Waals surface area (Å²) in [5.41, 5.74) is 2.07. The minimum atomic E-state index is -0.380. The smallest absolute Gasteiger partial charge is 0.307 e. The SMILES string of the molecule is COC(=O)CCN(CCNC(C)=O)C(=O)/C=C/c1ccc(C)cc1. The van der Waals surface area contributed by atoms with Crippen molar-refractivity contribution in [3.63, 3.8) is 0 Å². The van der Waals surface area contributed by atoms with Crippen LogP contribution in [0.3, 0.4) is 0 Å². The largest absolute Gasteiger partial charge is 0.469 e. The molecule has 0 heterocycles. The number of benzene rings is 1. The lowest BCUT2D eigenvalue weighted by molar-refractivity contribution is -0.141. The fourth-order valence-electron chi connectivity index (χ4n) is 1.98. The van der Waals surface area contributed by atoms with Gasteiger partial charge >= 0.3 is 5.97 Å². The number of amides is 2. The molecule has 6 nitrogen and oxygen atoms in total. The maximum Gasteiger partial charge on any atom is 0.307 e. The Labute approximate surface area is 142 Å². The van der Waals surface area contributed by atoms with Crippen molar-refractivity contribution in [2.24, 2.45) is 0 Å². The van der Waals surface area contributed by atoms with Gasteiger partial charge in [0.2, 0.25) is 11.8 Å². The Hall–Kier alpha value is -2.63. The second-order valence-corrected chi connectivity index (χ2v) is 5.38. The topological polar surface area (TPSA) is 75.7 Å². The van der Waals surface area contributed by atoms with Gasteiger partial charge in [-0.2, -0.15) is 0 Å². The van der Waals surface area contributed by atoms with Crippen LogP contribution < -0.4 is 5.32 Å². The number of nitrogens with one attached hydrogen (secondary N) is 1. The highest BCUT2D eigenvalue weighted by Gasteiger charge is 2.13. The van der Waals surface area contributed by atoms with Crippen LogP contribution in [0.2, 0.25) is 0 Å². The number of esters is 1. The molecule has 1 aromatic rings. The molecule has 1 aromatic carbocycles. The van der Waals surface area contributed by atoms with Crippen LogP contribution in [0.5, 0.6) is 0 Å². The van der Waals surface area contributed by atoms with Gasteiger partial charge in [0, 0.05) is 32.6 Å². The molecular weight excluding hydrogens is 308 g/mol. The van der Waals surface area contributed by atoms with Crippen molar-refractivity contribution in [2.75, 3.05) is 26.7 Å². The van der Waals surface area contributed by atoms with E-state index >= 15 is 0 Å². The highest BCUT2D eigenvalue weighted by Crippen LogP contribution is 2.06. The van der Waals surface area contributed by atoms with Gasteiger partial charge in [0.1, 0.15) is 0 Å². The first-order chi connectivity index (χ1) is 11.4. The first-order valence-corrected chi connectivity index (χ1v) is 7.77. The van der Waals surface area contributed by atoms with Crippen LogP contribution in [-0.2, 0) is 19.1 Å². The molecule has 2 amide bonds. The molecular formula is C18H24N2O4. The van der Waals surface area contributed by atoms with E-state index in [9.17, 15) is 14.4 Å². The van der Waals surface area contributed by atoms with Gasteiger partial charge in [0.15, 0.2) is 0 Å². The van der Waals surface area contributed by atoms with Gasteiger partial charge < -0.3 is 15.0 Å². The van der Waals surface area contributed by atoms with Crippen molar-refractivity contribution >= 4 is 23.9 Å². The first kappa shape index (κ1) is 19.4. The third kappa shape index (κ3) is 7.58. The second kappa shape index (κ2) is 10.2. The summed E-state index contributed by atoms with van der Waals surface area (Å²) in [6.07, 6.45) is 3.31. The molecule has 0 saturated heterocycles. The summed E-state index contributed by atoms with van der Waals surface area (Å²) in [6, 6.07) is 7.79. The van der Waals surface area contributed by atoms with E-state index in [2.05, 4.69) is 10.1 Å². The van der Waals surface area contributed by atoms with Crippen LogP contribution in [-0.4, -0.2) is 49.4 Å². The van der Waals surface area contributed by atoms with Crippen LogP contribution in [0.15, 0.2) is 30.3 Å². The summed E-state index contributed by atoms with van der Waals surface area (Å²) < 4.78 is 4.60. The van der Waals surface area contributed by atoms with Crippen LogP contribution in [0.25, 0.3) is 6.08 Å². The molecule has 0 fully saturated rings. The summed E-state index contributed by atoms with van der Waals surface area (Å²) in [7, 11) is 1.31. The number of hydrogen-bond acceptors (Lipinski definition) is 4. The number of hydrogen-bond donors (Lipinski definition) is 1. The number of carbonyl (C=O) groups excluding carboxylic acids is 3. The highest BCUT2D eigenvalue weighted by molar-refractivity contribution is 5.92. The normalized spacial score (nSPS) is 10.5. The molecule has 0 unspecified atom stereocenters. The minimum absolute atomic E-state index is 0.112. The van der Waals surface area contributed by atoms with Crippen LogP contribution in [0.4, 0.5) is 0 Å². The predicted molar refractivity (Wildman–Crippen MR) is 92.1 cm³/mol. The van der Waals surface area contributed by atoms with E-state index < -0.39 is 0 Å².